The average Bonchev–Trinajstić information content (AvgIpc) is 2.55. The van der Waals surface area contributed by atoms with E-state index in [2.05, 4.69) is 29.7 Å². The molecule has 0 aromatic rings. The smallest absolute Gasteiger partial charge is 0.236 e. The van der Waals surface area contributed by atoms with Gasteiger partial charge >= 0.3 is 0 Å². The fourth-order valence-corrected chi connectivity index (χ4v) is 4.22. The Morgan fingerprint density at radius 3 is 2.46 bits per heavy atom. The van der Waals surface area contributed by atoms with Crippen LogP contribution < -0.4 is 0 Å². The van der Waals surface area contributed by atoms with Gasteiger partial charge in [-0.25, -0.2) is 0 Å². The molecule has 0 aromatic carbocycles. The second-order valence-corrected chi connectivity index (χ2v) is 7.79. The summed E-state index contributed by atoms with van der Waals surface area (Å²) in [5.74, 6) is 0.560. The Bertz CT molecular complexity index is 490. The van der Waals surface area contributed by atoms with E-state index < -0.39 is 0 Å². The van der Waals surface area contributed by atoms with Crippen LogP contribution in [0.3, 0.4) is 0 Å². The molecule has 3 aliphatic rings. The van der Waals surface area contributed by atoms with Gasteiger partial charge in [0.1, 0.15) is 6.04 Å². The first kappa shape index (κ1) is 17.7. The van der Waals surface area contributed by atoms with Crippen LogP contribution in [0.1, 0.15) is 33.1 Å². The molecule has 6 nitrogen and oxygen atoms in total. The van der Waals surface area contributed by atoms with Gasteiger partial charge in [-0.1, -0.05) is 13.8 Å². The molecule has 0 radical (unpaired) electrons. The molecule has 1 saturated carbocycles. The molecule has 1 aliphatic carbocycles. The average molecular weight is 334 g/mol. The number of rotatable bonds is 4. The minimum absolute atomic E-state index is 0.0419. The van der Waals surface area contributed by atoms with Crippen molar-refractivity contribution in [1.82, 2.24) is 14.7 Å². The molecule has 3 rings (SSSR count). The lowest BCUT2D eigenvalue weighted by atomic mass is 9.75. The maximum absolute atomic E-state index is 12.7. The zero-order valence-electron chi connectivity index (χ0n) is 15.0. The van der Waals surface area contributed by atoms with Gasteiger partial charge in [0.2, 0.25) is 5.91 Å². The number of hydrogen-bond donors (Lipinski definition) is 0. The fourth-order valence-electron chi connectivity index (χ4n) is 4.22. The third-order valence-corrected chi connectivity index (χ3v) is 5.98. The van der Waals surface area contributed by atoms with Crippen molar-refractivity contribution in [3.05, 3.63) is 0 Å². The van der Waals surface area contributed by atoms with Crippen LogP contribution in [0.25, 0.3) is 0 Å². The maximum Gasteiger partial charge on any atom is 0.236 e. The Morgan fingerprint density at radius 2 is 1.92 bits per heavy atom. The Hall–Kier alpha value is -1.16. The van der Waals surface area contributed by atoms with Gasteiger partial charge in [0.15, 0.2) is 0 Å². The standard InChI is InChI=1S/C18H30N4O2/c1-15(2)16(12-19)20-6-8-21(9-7-20)17(23)13-22-10-11-24-14-18(22)4-3-5-18/h15-16H,3-11,13-14H2,1-2H3. The number of carbonyl (C=O) groups excluding carboxylic acids is 1. The van der Waals surface area contributed by atoms with Crippen molar-refractivity contribution in [1.29, 1.82) is 5.26 Å². The summed E-state index contributed by atoms with van der Waals surface area (Å²) >= 11 is 0. The van der Waals surface area contributed by atoms with Crippen LogP contribution in [-0.4, -0.2) is 84.7 Å². The summed E-state index contributed by atoms with van der Waals surface area (Å²) in [5.41, 5.74) is 0.138. The fraction of sp³-hybridized carbons (Fsp3) is 0.889. The maximum atomic E-state index is 12.7. The van der Waals surface area contributed by atoms with Crippen molar-refractivity contribution < 1.29 is 9.53 Å². The summed E-state index contributed by atoms with van der Waals surface area (Å²) in [6.45, 7) is 10.2. The lowest BCUT2D eigenvalue weighted by Crippen LogP contribution is -2.63. The zero-order chi connectivity index (χ0) is 17.2. The number of hydrogen-bond acceptors (Lipinski definition) is 5. The zero-order valence-corrected chi connectivity index (χ0v) is 15.0. The molecule has 0 bridgehead atoms. The first-order valence-corrected chi connectivity index (χ1v) is 9.30. The summed E-state index contributed by atoms with van der Waals surface area (Å²) in [6, 6.07) is 2.37. The topological polar surface area (TPSA) is 59.8 Å². The molecule has 0 aromatic heterocycles. The number of piperazine rings is 1. The summed E-state index contributed by atoms with van der Waals surface area (Å²) in [6.07, 6.45) is 3.57. The molecule has 1 unspecified atom stereocenters. The van der Waals surface area contributed by atoms with E-state index in [1.54, 1.807) is 0 Å². The normalized spacial score (nSPS) is 26.2. The van der Waals surface area contributed by atoms with Crippen LogP contribution in [-0.2, 0) is 9.53 Å². The van der Waals surface area contributed by atoms with Gasteiger partial charge in [0, 0.05) is 38.3 Å². The highest BCUT2D eigenvalue weighted by molar-refractivity contribution is 5.78. The highest BCUT2D eigenvalue weighted by Gasteiger charge is 2.45. The molecule has 0 N–H and O–H groups in total. The predicted octanol–water partition coefficient (Wildman–Crippen LogP) is 0.934. The largest absolute Gasteiger partial charge is 0.378 e. The van der Waals surface area contributed by atoms with Crippen molar-refractivity contribution in [2.45, 2.75) is 44.7 Å². The minimum Gasteiger partial charge on any atom is -0.378 e. The number of nitriles is 1. The number of morpholine rings is 1. The minimum atomic E-state index is -0.0419. The third-order valence-electron chi connectivity index (χ3n) is 5.98. The van der Waals surface area contributed by atoms with E-state index in [0.717, 1.165) is 58.8 Å². The lowest BCUT2D eigenvalue weighted by Gasteiger charge is -2.52. The van der Waals surface area contributed by atoms with Gasteiger partial charge in [-0.05, 0) is 25.2 Å². The first-order valence-electron chi connectivity index (χ1n) is 9.30. The molecule has 1 amide bonds. The molecular weight excluding hydrogens is 304 g/mol. The SMILES string of the molecule is CC(C)C(C#N)N1CCN(C(=O)CN2CCOCC23CCC3)CC1. The van der Waals surface area contributed by atoms with Gasteiger partial charge in [-0.15, -0.1) is 0 Å². The summed E-state index contributed by atoms with van der Waals surface area (Å²) < 4.78 is 5.66. The Kier molecular flexibility index (Phi) is 5.43. The van der Waals surface area contributed by atoms with Crippen LogP contribution in [0.2, 0.25) is 0 Å². The highest BCUT2D eigenvalue weighted by Crippen LogP contribution is 2.39. The Morgan fingerprint density at radius 1 is 1.21 bits per heavy atom. The molecule has 2 saturated heterocycles. The lowest BCUT2D eigenvalue weighted by molar-refractivity contribution is -0.146. The summed E-state index contributed by atoms with van der Waals surface area (Å²) in [7, 11) is 0. The van der Waals surface area contributed by atoms with E-state index in [1.165, 1.54) is 6.42 Å². The number of ether oxygens (including phenoxy) is 1. The number of nitrogens with zero attached hydrogens (tertiary/aromatic N) is 4. The third kappa shape index (κ3) is 3.44. The Labute approximate surface area is 145 Å². The van der Waals surface area contributed by atoms with Crippen LogP contribution in [0.15, 0.2) is 0 Å². The molecule has 6 heteroatoms. The van der Waals surface area contributed by atoms with Crippen LogP contribution in [0.4, 0.5) is 0 Å². The van der Waals surface area contributed by atoms with Crippen molar-refractivity contribution in [3.63, 3.8) is 0 Å². The van der Waals surface area contributed by atoms with Crippen molar-refractivity contribution >= 4 is 5.91 Å². The molecule has 3 fully saturated rings. The van der Waals surface area contributed by atoms with E-state index in [4.69, 9.17) is 4.74 Å². The number of amides is 1. The van der Waals surface area contributed by atoms with E-state index in [0.29, 0.717) is 12.5 Å². The van der Waals surface area contributed by atoms with E-state index in [1.807, 2.05) is 4.90 Å². The van der Waals surface area contributed by atoms with E-state index in [9.17, 15) is 10.1 Å². The van der Waals surface area contributed by atoms with Crippen molar-refractivity contribution in [2.75, 3.05) is 52.5 Å². The van der Waals surface area contributed by atoms with Crippen LogP contribution in [0, 0.1) is 17.2 Å². The molecule has 134 valence electrons. The van der Waals surface area contributed by atoms with Gasteiger partial charge in [0.05, 0.1) is 25.8 Å². The quantitative estimate of drug-likeness (QED) is 0.766. The summed E-state index contributed by atoms with van der Waals surface area (Å²) in [5, 5.41) is 9.34. The molecule has 2 aliphatic heterocycles. The second kappa shape index (κ2) is 7.38. The van der Waals surface area contributed by atoms with Crippen molar-refractivity contribution in [2.24, 2.45) is 5.92 Å². The molecule has 1 atom stereocenters. The molecule has 1 spiro atoms. The highest BCUT2D eigenvalue weighted by atomic mass is 16.5. The van der Waals surface area contributed by atoms with Crippen LogP contribution in [0.5, 0.6) is 0 Å². The van der Waals surface area contributed by atoms with Gasteiger partial charge in [-0.3, -0.25) is 14.6 Å². The van der Waals surface area contributed by atoms with Crippen molar-refractivity contribution in [3.8, 4) is 6.07 Å². The number of carbonyl (C=O) groups is 1. The van der Waals surface area contributed by atoms with E-state index in [-0.39, 0.29) is 17.5 Å². The van der Waals surface area contributed by atoms with Gasteiger partial charge < -0.3 is 9.64 Å². The Balaban J connectivity index is 1.51. The van der Waals surface area contributed by atoms with Crippen LogP contribution >= 0.6 is 0 Å². The van der Waals surface area contributed by atoms with Gasteiger partial charge in [-0.2, -0.15) is 5.26 Å². The summed E-state index contributed by atoms with van der Waals surface area (Å²) in [4.78, 5) is 19.3. The van der Waals surface area contributed by atoms with E-state index >= 15 is 0 Å². The predicted molar refractivity (Wildman–Crippen MR) is 91.4 cm³/mol. The molecule has 24 heavy (non-hydrogen) atoms. The van der Waals surface area contributed by atoms with Gasteiger partial charge in [0.25, 0.3) is 0 Å². The monoisotopic (exact) mass is 334 g/mol. The molecule has 2 heterocycles. The second-order valence-electron chi connectivity index (χ2n) is 7.79. The first-order chi connectivity index (χ1) is 11.6. The molecular formula is C18H30N4O2.